The number of hydrogen-bond acceptors (Lipinski definition) is 5. The standard InChI is InChI=1S/C11H10N2O3S/c1-7-3-4-9(17-7)5-6-10-11(13(14)15)8(2)12-16-10/h3-6H,1-2H3. The molecule has 0 fully saturated rings. The zero-order valence-electron chi connectivity index (χ0n) is 9.34. The zero-order valence-corrected chi connectivity index (χ0v) is 10.2. The number of aromatic nitrogens is 1. The SMILES string of the molecule is Cc1ccc(C=Cc2onc(C)c2[N+](=O)[O-])s1. The molecule has 2 rings (SSSR count). The van der Waals surface area contributed by atoms with Gasteiger partial charge in [-0.15, -0.1) is 11.3 Å². The highest BCUT2D eigenvalue weighted by Crippen LogP contribution is 2.25. The molecule has 0 amide bonds. The first-order valence-corrected chi connectivity index (χ1v) is 5.75. The minimum Gasteiger partial charge on any atom is -0.349 e. The van der Waals surface area contributed by atoms with Crippen LogP contribution in [0.5, 0.6) is 0 Å². The molecule has 0 aliphatic carbocycles. The van der Waals surface area contributed by atoms with E-state index in [-0.39, 0.29) is 17.1 Å². The third-order valence-corrected chi connectivity index (χ3v) is 3.17. The number of thiophene rings is 1. The van der Waals surface area contributed by atoms with Crippen LogP contribution in [0.2, 0.25) is 0 Å². The van der Waals surface area contributed by atoms with Crippen molar-refractivity contribution in [3.63, 3.8) is 0 Å². The molecule has 6 heteroatoms. The number of rotatable bonds is 3. The maximum atomic E-state index is 10.8. The summed E-state index contributed by atoms with van der Waals surface area (Å²) in [6, 6.07) is 3.94. The Morgan fingerprint density at radius 1 is 1.41 bits per heavy atom. The Bertz CT molecular complexity index is 583. The van der Waals surface area contributed by atoms with Gasteiger partial charge >= 0.3 is 5.69 Å². The van der Waals surface area contributed by atoms with Gasteiger partial charge < -0.3 is 4.52 Å². The van der Waals surface area contributed by atoms with Gasteiger partial charge in [0.1, 0.15) is 0 Å². The van der Waals surface area contributed by atoms with Crippen LogP contribution in [0.1, 0.15) is 21.2 Å². The fraction of sp³-hybridized carbons (Fsp3) is 0.182. The first-order valence-electron chi connectivity index (χ1n) is 4.93. The molecule has 0 bridgehead atoms. The van der Waals surface area contributed by atoms with Crippen LogP contribution in [-0.4, -0.2) is 10.1 Å². The Balaban J connectivity index is 2.30. The molecule has 0 atom stereocenters. The summed E-state index contributed by atoms with van der Waals surface area (Å²) in [5.74, 6) is 0.179. The smallest absolute Gasteiger partial charge is 0.338 e. The molecular formula is C11H10N2O3S. The van der Waals surface area contributed by atoms with Crippen LogP contribution in [0.15, 0.2) is 16.7 Å². The van der Waals surface area contributed by atoms with Crippen LogP contribution in [0.4, 0.5) is 5.69 Å². The van der Waals surface area contributed by atoms with Crippen molar-refractivity contribution < 1.29 is 9.45 Å². The Kier molecular flexibility index (Phi) is 3.06. The highest BCUT2D eigenvalue weighted by molar-refractivity contribution is 7.12. The maximum Gasteiger partial charge on any atom is 0.338 e. The highest BCUT2D eigenvalue weighted by Gasteiger charge is 2.21. The Labute approximate surface area is 102 Å². The summed E-state index contributed by atoms with van der Waals surface area (Å²) in [6.07, 6.45) is 3.36. The van der Waals surface area contributed by atoms with E-state index < -0.39 is 4.92 Å². The van der Waals surface area contributed by atoms with E-state index >= 15 is 0 Å². The topological polar surface area (TPSA) is 69.2 Å². The fourth-order valence-corrected chi connectivity index (χ4v) is 2.19. The Morgan fingerprint density at radius 3 is 2.76 bits per heavy atom. The van der Waals surface area contributed by atoms with Crippen molar-refractivity contribution in [3.8, 4) is 0 Å². The van der Waals surface area contributed by atoms with E-state index in [9.17, 15) is 10.1 Å². The van der Waals surface area contributed by atoms with Crippen molar-refractivity contribution in [2.75, 3.05) is 0 Å². The largest absolute Gasteiger partial charge is 0.349 e. The molecule has 0 spiro atoms. The summed E-state index contributed by atoms with van der Waals surface area (Å²) in [5.41, 5.74) is 0.214. The second-order valence-corrected chi connectivity index (χ2v) is 4.84. The van der Waals surface area contributed by atoms with Crippen molar-refractivity contribution in [2.45, 2.75) is 13.8 Å². The maximum absolute atomic E-state index is 10.8. The lowest BCUT2D eigenvalue weighted by atomic mass is 10.3. The average Bonchev–Trinajstić information content (AvgIpc) is 2.82. The average molecular weight is 250 g/mol. The molecule has 0 radical (unpaired) electrons. The number of aryl methyl sites for hydroxylation is 2. The zero-order chi connectivity index (χ0) is 12.4. The van der Waals surface area contributed by atoms with E-state index in [1.165, 1.54) is 4.88 Å². The van der Waals surface area contributed by atoms with Gasteiger partial charge in [-0.3, -0.25) is 10.1 Å². The summed E-state index contributed by atoms with van der Waals surface area (Å²) < 4.78 is 4.91. The van der Waals surface area contributed by atoms with E-state index in [1.807, 2.05) is 19.1 Å². The minimum atomic E-state index is -0.481. The van der Waals surface area contributed by atoms with Gasteiger partial charge in [0.05, 0.1) is 4.92 Å². The van der Waals surface area contributed by atoms with Gasteiger partial charge in [-0.25, -0.2) is 0 Å². The lowest BCUT2D eigenvalue weighted by Gasteiger charge is -1.87. The van der Waals surface area contributed by atoms with Crippen molar-refractivity contribution >= 4 is 29.2 Å². The molecule has 0 unspecified atom stereocenters. The normalized spacial score (nSPS) is 11.2. The van der Waals surface area contributed by atoms with E-state index in [1.54, 1.807) is 30.4 Å². The fourth-order valence-electron chi connectivity index (χ4n) is 1.41. The van der Waals surface area contributed by atoms with Gasteiger partial charge in [-0.1, -0.05) is 5.16 Å². The lowest BCUT2D eigenvalue weighted by molar-refractivity contribution is -0.386. The predicted molar refractivity (Wildman–Crippen MR) is 65.9 cm³/mol. The highest BCUT2D eigenvalue weighted by atomic mass is 32.1. The van der Waals surface area contributed by atoms with Gasteiger partial charge in [-0.2, -0.15) is 0 Å². The second-order valence-electron chi connectivity index (χ2n) is 3.52. The summed E-state index contributed by atoms with van der Waals surface area (Å²) >= 11 is 1.61. The molecule has 2 aromatic heterocycles. The van der Waals surface area contributed by atoms with Crippen molar-refractivity contribution in [1.29, 1.82) is 0 Å². The van der Waals surface area contributed by atoms with Gasteiger partial charge in [-0.05, 0) is 38.1 Å². The molecule has 17 heavy (non-hydrogen) atoms. The molecule has 0 N–H and O–H groups in total. The van der Waals surface area contributed by atoms with E-state index in [4.69, 9.17) is 4.52 Å². The summed E-state index contributed by atoms with van der Waals surface area (Å²) in [4.78, 5) is 12.5. The van der Waals surface area contributed by atoms with Gasteiger partial charge in [0.25, 0.3) is 0 Å². The molecule has 0 saturated heterocycles. The number of hydrogen-bond donors (Lipinski definition) is 0. The summed E-state index contributed by atoms with van der Waals surface area (Å²) in [5, 5.41) is 14.4. The Hall–Kier alpha value is -1.95. The monoisotopic (exact) mass is 250 g/mol. The van der Waals surface area contributed by atoms with Gasteiger partial charge in [0.15, 0.2) is 5.69 Å². The van der Waals surface area contributed by atoms with Crippen LogP contribution in [0.3, 0.4) is 0 Å². The molecule has 0 aliphatic heterocycles. The van der Waals surface area contributed by atoms with Gasteiger partial charge in [0.2, 0.25) is 5.76 Å². The summed E-state index contributed by atoms with van der Waals surface area (Å²) in [7, 11) is 0. The predicted octanol–water partition coefficient (Wildman–Crippen LogP) is 3.43. The number of nitro groups is 1. The molecule has 0 aliphatic rings. The van der Waals surface area contributed by atoms with Gasteiger partial charge in [0, 0.05) is 9.75 Å². The van der Waals surface area contributed by atoms with Crippen LogP contribution in [0, 0.1) is 24.0 Å². The lowest BCUT2D eigenvalue weighted by Crippen LogP contribution is -1.89. The molecule has 0 saturated carbocycles. The molecule has 88 valence electrons. The molecule has 2 aromatic rings. The van der Waals surface area contributed by atoms with Crippen LogP contribution in [0.25, 0.3) is 12.2 Å². The van der Waals surface area contributed by atoms with Crippen LogP contribution >= 0.6 is 11.3 Å². The molecular weight excluding hydrogens is 240 g/mol. The molecule has 5 nitrogen and oxygen atoms in total. The third kappa shape index (κ3) is 2.42. The Morgan fingerprint density at radius 2 is 2.18 bits per heavy atom. The van der Waals surface area contributed by atoms with E-state index in [0.717, 1.165) is 4.88 Å². The van der Waals surface area contributed by atoms with Crippen molar-refractivity contribution in [2.24, 2.45) is 0 Å². The quantitative estimate of drug-likeness (QED) is 0.618. The minimum absolute atomic E-state index is 0.0745. The first kappa shape index (κ1) is 11.5. The molecule has 2 heterocycles. The van der Waals surface area contributed by atoms with E-state index in [0.29, 0.717) is 0 Å². The summed E-state index contributed by atoms with van der Waals surface area (Å²) in [6.45, 7) is 3.55. The number of nitrogens with zero attached hydrogens (tertiary/aromatic N) is 2. The third-order valence-electron chi connectivity index (χ3n) is 2.20. The first-order chi connectivity index (χ1) is 8.08. The van der Waals surface area contributed by atoms with E-state index in [2.05, 4.69) is 5.16 Å². The van der Waals surface area contributed by atoms with Crippen LogP contribution in [-0.2, 0) is 0 Å². The molecule has 0 aromatic carbocycles. The van der Waals surface area contributed by atoms with Crippen molar-refractivity contribution in [3.05, 3.63) is 43.5 Å². The van der Waals surface area contributed by atoms with Crippen LogP contribution < -0.4 is 0 Å². The second kappa shape index (κ2) is 4.50. The van der Waals surface area contributed by atoms with Crippen molar-refractivity contribution in [1.82, 2.24) is 5.16 Å².